The Kier molecular flexibility index (Phi) is 2.59. The lowest BCUT2D eigenvalue weighted by molar-refractivity contribution is 0.0733. The Labute approximate surface area is 94.9 Å². The predicted octanol–water partition coefficient (Wildman–Crippen LogP) is 3.24. The van der Waals surface area contributed by atoms with Crippen LogP contribution >= 0.6 is 11.3 Å². The van der Waals surface area contributed by atoms with Crippen LogP contribution in [-0.4, -0.2) is 16.8 Å². The van der Waals surface area contributed by atoms with E-state index in [9.17, 15) is 4.79 Å². The van der Waals surface area contributed by atoms with E-state index in [1.807, 2.05) is 4.90 Å². The Morgan fingerprint density at radius 3 is 2.53 bits per heavy atom. The van der Waals surface area contributed by atoms with Crippen molar-refractivity contribution in [3.8, 4) is 0 Å². The van der Waals surface area contributed by atoms with E-state index in [0.717, 1.165) is 11.4 Å². The second-order valence-electron chi connectivity index (χ2n) is 4.68. The molecule has 1 aliphatic rings. The molecule has 15 heavy (non-hydrogen) atoms. The third kappa shape index (κ3) is 1.59. The molecule has 0 unspecified atom stereocenters. The van der Waals surface area contributed by atoms with Crippen LogP contribution in [0.1, 0.15) is 54.4 Å². The quantitative estimate of drug-likeness (QED) is 0.753. The zero-order valence-electron chi connectivity index (χ0n) is 9.70. The molecular weight excluding hydrogens is 206 g/mol. The molecule has 82 valence electrons. The van der Waals surface area contributed by atoms with Crippen molar-refractivity contribution >= 4 is 17.2 Å². The van der Waals surface area contributed by atoms with Crippen LogP contribution in [0.5, 0.6) is 0 Å². The molecule has 2 heterocycles. The van der Waals surface area contributed by atoms with Crippen molar-refractivity contribution in [2.24, 2.45) is 0 Å². The average molecular weight is 223 g/mol. The fraction of sp³-hybridized carbons (Fsp3) is 0.583. The number of fused-ring (bicyclic) bond motifs is 1. The molecule has 1 aromatic rings. The van der Waals surface area contributed by atoms with Crippen LogP contribution in [0.3, 0.4) is 0 Å². The molecule has 0 fully saturated rings. The maximum Gasteiger partial charge on any atom is 0.264 e. The summed E-state index contributed by atoms with van der Waals surface area (Å²) < 4.78 is 0. The van der Waals surface area contributed by atoms with Crippen molar-refractivity contribution in [2.75, 3.05) is 0 Å². The summed E-state index contributed by atoms with van der Waals surface area (Å²) in [6.07, 6.45) is 0. The molecular formula is C12H17NOS. The van der Waals surface area contributed by atoms with Gasteiger partial charge in [-0.25, -0.2) is 0 Å². The normalized spacial score (nSPS) is 15.6. The lowest BCUT2D eigenvalue weighted by Crippen LogP contribution is -2.30. The van der Waals surface area contributed by atoms with Gasteiger partial charge in [-0.15, -0.1) is 11.3 Å². The molecule has 0 radical (unpaired) electrons. The number of carbonyl (C=O) groups excluding carboxylic acids is 1. The van der Waals surface area contributed by atoms with Gasteiger partial charge in [0.2, 0.25) is 0 Å². The zero-order valence-corrected chi connectivity index (χ0v) is 10.5. The van der Waals surface area contributed by atoms with Gasteiger partial charge < -0.3 is 4.90 Å². The van der Waals surface area contributed by atoms with Crippen LogP contribution in [0, 0.1) is 0 Å². The van der Waals surface area contributed by atoms with Crippen LogP contribution in [0.15, 0.2) is 5.38 Å². The van der Waals surface area contributed by atoms with E-state index in [1.54, 1.807) is 11.3 Å². The van der Waals surface area contributed by atoms with Gasteiger partial charge in [-0.1, -0.05) is 13.8 Å². The van der Waals surface area contributed by atoms with E-state index >= 15 is 0 Å². The topological polar surface area (TPSA) is 20.3 Å². The van der Waals surface area contributed by atoms with Gasteiger partial charge in [0, 0.05) is 12.6 Å². The van der Waals surface area contributed by atoms with Crippen LogP contribution in [0.4, 0.5) is 0 Å². The SMILES string of the molecule is CC(C)c1csc2c1CN(C(C)C)C2=O. The minimum Gasteiger partial charge on any atom is -0.331 e. The highest BCUT2D eigenvalue weighted by Crippen LogP contribution is 2.35. The summed E-state index contributed by atoms with van der Waals surface area (Å²) in [6.45, 7) is 9.32. The fourth-order valence-electron chi connectivity index (χ4n) is 2.01. The second-order valence-corrected chi connectivity index (χ2v) is 5.56. The van der Waals surface area contributed by atoms with Crippen molar-refractivity contribution in [1.29, 1.82) is 0 Å². The largest absolute Gasteiger partial charge is 0.331 e. The van der Waals surface area contributed by atoms with Gasteiger partial charge in [-0.2, -0.15) is 0 Å². The summed E-state index contributed by atoms with van der Waals surface area (Å²) in [4.78, 5) is 14.9. The number of rotatable bonds is 2. The average Bonchev–Trinajstić information content (AvgIpc) is 2.66. The molecule has 0 spiro atoms. The summed E-state index contributed by atoms with van der Waals surface area (Å²) in [5.41, 5.74) is 2.63. The minimum atomic E-state index is 0.219. The number of hydrogen-bond acceptors (Lipinski definition) is 2. The smallest absolute Gasteiger partial charge is 0.264 e. The number of hydrogen-bond donors (Lipinski definition) is 0. The van der Waals surface area contributed by atoms with Gasteiger partial charge in [0.1, 0.15) is 0 Å². The monoisotopic (exact) mass is 223 g/mol. The van der Waals surface area contributed by atoms with Gasteiger partial charge in [0.25, 0.3) is 5.91 Å². The molecule has 0 bridgehead atoms. The Bertz CT molecular complexity index is 392. The van der Waals surface area contributed by atoms with Gasteiger partial charge in [-0.3, -0.25) is 4.79 Å². The van der Waals surface area contributed by atoms with Crippen LogP contribution in [0.25, 0.3) is 0 Å². The molecule has 2 rings (SSSR count). The molecule has 0 aliphatic carbocycles. The highest BCUT2D eigenvalue weighted by molar-refractivity contribution is 7.12. The molecule has 2 nitrogen and oxygen atoms in total. The van der Waals surface area contributed by atoms with Crippen molar-refractivity contribution in [2.45, 2.75) is 46.2 Å². The molecule has 3 heteroatoms. The van der Waals surface area contributed by atoms with E-state index in [0.29, 0.717) is 12.0 Å². The van der Waals surface area contributed by atoms with Gasteiger partial charge in [0.05, 0.1) is 4.88 Å². The van der Waals surface area contributed by atoms with E-state index in [2.05, 4.69) is 33.1 Å². The first-order valence-corrected chi connectivity index (χ1v) is 6.31. The van der Waals surface area contributed by atoms with Crippen LogP contribution in [-0.2, 0) is 6.54 Å². The van der Waals surface area contributed by atoms with E-state index in [1.165, 1.54) is 11.1 Å². The molecule has 1 aromatic heterocycles. The fourth-order valence-corrected chi connectivity index (χ4v) is 3.21. The first-order valence-electron chi connectivity index (χ1n) is 5.43. The summed E-state index contributed by atoms with van der Waals surface area (Å²) in [7, 11) is 0. The standard InChI is InChI=1S/C12H17NOS/c1-7(2)10-6-15-11-9(10)5-13(8(3)4)12(11)14/h6-8H,5H2,1-4H3. The van der Waals surface area contributed by atoms with Crippen molar-refractivity contribution < 1.29 is 4.79 Å². The predicted molar refractivity (Wildman–Crippen MR) is 63.4 cm³/mol. The molecule has 0 aromatic carbocycles. The number of carbonyl (C=O) groups is 1. The molecule has 0 N–H and O–H groups in total. The number of thiophene rings is 1. The number of amides is 1. The molecule has 0 atom stereocenters. The van der Waals surface area contributed by atoms with Crippen molar-refractivity contribution in [1.82, 2.24) is 4.90 Å². The highest BCUT2D eigenvalue weighted by Gasteiger charge is 2.32. The van der Waals surface area contributed by atoms with Crippen molar-refractivity contribution in [3.63, 3.8) is 0 Å². The second kappa shape index (κ2) is 3.63. The molecule has 0 saturated carbocycles. The zero-order chi connectivity index (χ0) is 11.2. The molecule has 0 saturated heterocycles. The van der Waals surface area contributed by atoms with Crippen LogP contribution < -0.4 is 0 Å². The van der Waals surface area contributed by atoms with Gasteiger partial charge in [0.15, 0.2) is 0 Å². The Balaban J connectivity index is 2.38. The molecule has 1 amide bonds. The maximum absolute atomic E-state index is 12.0. The molecule has 1 aliphatic heterocycles. The lowest BCUT2D eigenvalue weighted by Gasteiger charge is -2.20. The summed E-state index contributed by atoms with van der Waals surface area (Å²) >= 11 is 1.61. The number of nitrogens with zero attached hydrogens (tertiary/aromatic N) is 1. The minimum absolute atomic E-state index is 0.219. The lowest BCUT2D eigenvalue weighted by atomic mass is 10.0. The van der Waals surface area contributed by atoms with E-state index in [4.69, 9.17) is 0 Å². The first kappa shape index (κ1) is 10.7. The van der Waals surface area contributed by atoms with E-state index in [-0.39, 0.29) is 5.91 Å². The summed E-state index contributed by atoms with van der Waals surface area (Å²) in [5, 5.41) is 2.14. The summed E-state index contributed by atoms with van der Waals surface area (Å²) in [5.74, 6) is 0.738. The van der Waals surface area contributed by atoms with E-state index < -0.39 is 0 Å². The maximum atomic E-state index is 12.0. The summed E-state index contributed by atoms with van der Waals surface area (Å²) in [6, 6.07) is 0.303. The first-order chi connectivity index (χ1) is 7.02. The van der Waals surface area contributed by atoms with Crippen molar-refractivity contribution in [3.05, 3.63) is 21.4 Å². The van der Waals surface area contributed by atoms with Gasteiger partial charge >= 0.3 is 0 Å². The third-order valence-electron chi connectivity index (χ3n) is 2.96. The van der Waals surface area contributed by atoms with Crippen LogP contribution in [0.2, 0.25) is 0 Å². The Hall–Kier alpha value is -0.830. The highest BCUT2D eigenvalue weighted by atomic mass is 32.1. The third-order valence-corrected chi connectivity index (χ3v) is 3.98. The Morgan fingerprint density at radius 2 is 2.00 bits per heavy atom. The Morgan fingerprint density at radius 1 is 1.33 bits per heavy atom. The van der Waals surface area contributed by atoms with Gasteiger partial charge in [-0.05, 0) is 36.3 Å².